The zero-order valence-electron chi connectivity index (χ0n) is 30.4. The lowest BCUT2D eigenvalue weighted by atomic mass is 9.70. The number of rotatable bonds is 10. The topological polar surface area (TPSA) is 130 Å². The normalized spacial score (nSPS) is 30.0. The molecule has 3 N–H and O–H groups in total. The SMILES string of the molecule is COC1=CCC(c2c(C3CCCCC3)c3ccc(C(=O)NS(=O)(=O)N(C)C)cc3n2CC2(C(=O)N[C@@H]3C4CCC(C)([C@@H]3O)C4(C)C)CC2)C=C1. The van der Waals surface area contributed by atoms with Gasteiger partial charge < -0.3 is 19.7 Å². The van der Waals surface area contributed by atoms with E-state index in [0.717, 1.165) is 78.8 Å². The summed E-state index contributed by atoms with van der Waals surface area (Å²) >= 11 is 0. The van der Waals surface area contributed by atoms with E-state index in [0.29, 0.717) is 12.5 Å². The smallest absolute Gasteiger partial charge is 0.303 e. The summed E-state index contributed by atoms with van der Waals surface area (Å²) in [6.07, 6.45) is 15.6. The highest BCUT2D eigenvalue weighted by Crippen LogP contribution is 2.65. The second-order valence-electron chi connectivity index (χ2n) is 16.7. The molecule has 1 aromatic heterocycles. The van der Waals surface area contributed by atoms with Crippen LogP contribution in [0.15, 0.2) is 42.2 Å². The molecule has 10 nitrogen and oxygen atoms in total. The molecule has 0 spiro atoms. The number of benzene rings is 1. The zero-order chi connectivity index (χ0) is 35.8. The van der Waals surface area contributed by atoms with Crippen molar-refractivity contribution in [3.8, 4) is 0 Å². The molecule has 0 aliphatic heterocycles. The Kier molecular flexibility index (Phi) is 8.82. The Morgan fingerprint density at radius 3 is 2.36 bits per heavy atom. The minimum atomic E-state index is -3.99. The van der Waals surface area contributed by atoms with Gasteiger partial charge in [0.2, 0.25) is 5.91 Å². The van der Waals surface area contributed by atoms with Crippen molar-refractivity contribution in [2.24, 2.45) is 22.2 Å². The van der Waals surface area contributed by atoms with Crippen molar-refractivity contribution in [3.63, 3.8) is 0 Å². The molecule has 4 saturated carbocycles. The monoisotopic (exact) mass is 706 g/mol. The van der Waals surface area contributed by atoms with E-state index in [9.17, 15) is 23.1 Å². The highest BCUT2D eigenvalue weighted by atomic mass is 32.2. The lowest BCUT2D eigenvalue weighted by Gasteiger charge is -2.37. The first-order valence-corrected chi connectivity index (χ1v) is 19.9. The minimum absolute atomic E-state index is 0.00718. The summed E-state index contributed by atoms with van der Waals surface area (Å²) in [4.78, 5) is 27.8. The third kappa shape index (κ3) is 5.62. The van der Waals surface area contributed by atoms with E-state index in [1.165, 1.54) is 31.8 Å². The van der Waals surface area contributed by atoms with Gasteiger partial charge in [0, 0.05) is 54.1 Å². The summed E-state index contributed by atoms with van der Waals surface area (Å²) < 4.78 is 36.2. The fourth-order valence-corrected chi connectivity index (χ4v) is 10.4. The Balaban J connectivity index is 1.31. The van der Waals surface area contributed by atoms with Crippen molar-refractivity contribution < 1.29 is 27.9 Å². The summed E-state index contributed by atoms with van der Waals surface area (Å²) in [5.74, 6) is 0.720. The number of amides is 2. The molecule has 1 aromatic carbocycles. The van der Waals surface area contributed by atoms with E-state index in [4.69, 9.17) is 4.74 Å². The Morgan fingerprint density at radius 1 is 1.06 bits per heavy atom. The number of hydrogen-bond donors (Lipinski definition) is 3. The number of fused-ring (bicyclic) bond motifs is 3. The van der Waals surface area contributed by atoms with Crippen molar-refractivity contribution in [1.29, 1.82) is 0 Å². The van der Waals surface area contributed by atoms with Crippen LogP contribution in [0.5, 0.6) is 0 Å². The molecule has 5 aliphatic carbocycles. The maximum Gasteiger partial charge on any atom is 0.303 e. The summed E-state index contributed by atoms with van der Waals surface area (Å²) in [5.41, 5.74) is 2.60. The average molecular weight is 707 g/mol. The van der Waals surface area contributed by atoms with Gasteiger partial charge in [-0.1, -0.05) is 52.2 Å². The molecule has 3 unspecified atom stereocenters. The van der Waals surface area contributed by atoms with Crippen LogP contribution in [0, 0.1) is 22.2 Å². The second kappa shape index (κ2) is 12.5. The largest absolute Gasteiger partial charge is 0.497 e. The molecule has 11 heteroatoms. The lowest BCUT2D eigenvalue weighted by molar-refractivity contribution is -0.129. The number of methoxy groups -OCH3 is 1. The number of nitrogens with one attached hydrogen (secondary N) is 2. The summed E-state index contributed by atoms with van der Waals surface area (Å²) in [5, 5.41) is 16.0. The van der Waals surface area contributed by atoms with Crippen molar-refractivity contribution in [1.82, 2.24) is 18.9 Å². The van der Waals surface area contributed by atoms with E-state index >= 15 is 0 Å². The van der Waals surface area contributed by atoms with Crippen LogP contribution in [0.25, 0.3) is 10.9 Å². The van der Waals surface area contributed by atoms with E-state index in [1.54, 1.807) is 13.2 Å². The van der Waals surface area contributed by atoms with Gasteiger partial charge in [0.15, 0.2) is 0 Å². The fourth-order valence-electron chi connectivity index (χ4n) is 9.88. The van der Waals surface area contributed by atoms with Gasteiger partial charge in [-0.25, -0.2) is 4.72 Å². The van der Waals surface area contributed by atoms with Gasteiger partial charge in [-0.3, -0.25) is 9.59 Å². The van der Waals surface area contributed by atoms with Gasteiger partial charge in [0.25, 0.3) is 5.91 Å². The van der Waals surface area contributed by atoms with Gasteiger partial charge in [-0.05, 0) is 92.0 Å². The van der Waals surface area contributed by atoms with Gasteiger partial charge in [-0.15, -0.1) is 0 Å². The average Bonchev–Trinajstić information content (AvgIpc) is 3.73. The Hall–Kier alpha value is -3.15. The first-order valence-electron chi connectivity index (χ1n) is 18.5. The van der Waals surface area contributed by atoms with Crippen LogP contribution in [0.1, 0.15) is 118 Å². The van der Waals surface area contributed by atoms with E-state index in [1.807, 2.05) is 18.2 Å². The number of carbonyl (C=O) groups is 2. The predicted molar refractivity (Wildman–Crippen MR) is 194 cm³/mol. The van der Waals surface area contributed by atoms with Gasteiger partial charge in [0.1, 0.15) is 5.76 Å². The summed E-state index contributed by atoms with van der Waals surface area (Å²) in [6.45, 7) is 7.07. The molecule has 0 saturated heterocycles. The van der Waals surface area contributed by atoms with Crippen LogP contribution in [0.3, 0.4) is 0 Å². The van der Waals surface area contributed by atoms with Crippen LogP contribution >= 0.6 is 0 Å². The van der Waals surface area contributed by atoms with Crippen LogP contribution in [-0.2, 0) is 26.3 Å². The molecule has 4 fully saturated rings. The van der Waals surface area contributed by atoms with Gasteiger partial charge in [-0.2, -0.15) is 12.7 Å². The maximum atomic E-state index is 14.4. The second-order valence-corrected chi connectivity index (χ2v) is 18.6. The van der Waals surface area contributed by atoms with Crippen LogP contribution in [0.4, 0.5) is 0 Å². The number of nitrogens with zero attached hydrogens (tertiary/aromatic N) is 2. The van der Waals surface area contributed by atoms with Crippen LogP contribution < -0.4 is 10.0 Å². The van der Waals surface area contributed by atoms with Crippen molar-refractivity contribution in [2.45, 2.75) is 116 Å². The lowest BCUT2D eigenvalue weighted by Crippen LogP contribution is -2.51. The molecule has 5 atom stereocenters. The summed E-state index contributed by atoms with van der Waals surface area (Å²) in [6, 6.07) is 5.24. The number of aliphatic hydroxyl groups excluding tert-OH is 1. The fraction of sp³-hybridized carbons (Fsp3) is 0.641. The molecule has 2 bridgehead atoms. The standard InChI is InChI=1S/C39H54N4O6S/c1-37(2)29-18-19-38(37,3)34(44)32(29)40-36(46)39(20-21-39)23-43-30-22-26(35(45)41-50(47,48)42(4)5)14-17-28(30)31(24-10-8-7-9-11-24)33(43)25-12-15-27(49-6)16-13-25/h12,14-17,22,24-25,29,32,34,44H,7-11,13,18-21,23H2,1-6H3,(H,40,46)(H,41,45)/t25?,29?,32-,34-,38?/m1/s1. The Labute approximate surface area is 296 Å². The molecule has 5 aliphatic rings. The molecular formula is C39H54N4O6S. The Morgan fingerprint density at radius 2 is 1.78 bits per heavy atom. The number of aromatic nitrogens is 1. The van der Waals surface area contributed by atoms with Crippen molar-refractivity contribution in [3.05, 3.63) is 59.0 Å². The summed E-state index contributed by atoms with van der Waals surface area (Å²) in [7, 11) is 0.444. The molecule has 0 radical (unpaired) electrons. The van der Waals surface area contributed by atoms with Crippen molar-refractivity contribution >= 4 is 32.9 Å². The molecular weight excluding hydrogens is 653 g/mol. The van der Waals surface area contributed by atoms with Crippen LogP contribution in [-0.4, -0.2) is 67.6 Å². The van der Waals surface area contributed by atoms with Crippen LogP contribution in [0.2, 0.25) is 0 Å². The minimum Gasteiger partial charge on any atom is -0.497 e. The zero-order valence-corrected chi connectivity index (χ0v) is 31.2. The molecule has 2 aromatic rings. The van der Waals surface area contributed by atoms with E-state index in [2.05, 4.69) is 47.5 Å². The highest BCUT2D eigenvalue weighted by Gasteiger charge is 2.67. The van der Waals surface area contributed by atoms with E-state index in [-0.39, 0.29) is 40.2 Å². The number of aliphatic hydroxyl groups is 1. The molecule has 2 amide bonds. The number of hydrogen-bond acceptors (Lipinski definition) is 6. The van der Waals surface area contributed by atoms with Gasteiger partial charge >= 0.3 is 10.2 Å². The number of carbonyl (C=O) groups excluding carboxylic acids is 2. The highest BCUT2D eigenvalue weighted by molar-refractivity contribution is 7.87. The third-order valence-electron chi connectivity index (χ3n) is 13.7. The molecule has 50 heavy (non-hydrogen) atoms. The predicted octanol–water partition coefficient (Wildman–Crippen LogP) is 5.88. The quantitative estimate of drug-likeness (QED) is 0.283. The van der Waals surface area contributed by atoms with E-state index < -0.39 is 27.6 Å². The van der Waals surface area contributed by atoms with Crippen molar-refractivity contribution in [2.75, 3.05) is 21.2 Å². The molecule has 7 rings (SSSR count). The Bertz CT molecular complexity index is 1870. The molecule has 1 heterocycles. The first-order chi connectivity index (χ1) is 23.6. The third-order valence-corrected chi connectivity index (χ3v) is 15.1. The van der Waals surface area contributed by atoms with Gasteiger partial charge in [0.05, 0.1) is 24.7 Å². The number of allylic oxidation sites excluding steroid dienone is 3. The number of ether oxygens (including phenoxy) is 1. The maximum absolute atomic E-state index is 14.4. The first kappa shape index (κ1) is 35.3. The molecule has 272 valence electrons.